The molecule has 1 atom stereocenters. The van der Waals surface area contributed by atoms with Gasteiger partial charge in [0.05, 0.1) is 23.8 Å². The average Bonchev–Trinajstić information content (AvgIpc) is 3.17. The highest BCUT2D eigenvalue weighted by molar-refractivity contribution is 5.73. The number of anilines is 1. The number of nitrogens with two attached hydrogens (primary N) is 1. The second-order valence-corrected chi connectivity index (χ2v) is 8.02. The molecule has 2 N–H and O–H groups in total. The van der Waals surface area contributed by atoms with Crippen molar-refractivity contribution in [3.8, 4) is 28.1 Å². The van der Waals surface area contributed by atoms with Gasteiger partial charge in [-0.25, -0.2) is 22.5 Å². The molecule has 4 aromatic rings. The van der Waals surface area contributed by atoms with Gasteiger partial charge in [0.1, 0.15) is 24.3 Å². The maximum absolute atomic E-state index is 14.3. The van der Waals surface area contributed by atoms with Gasteiger partial charge in [-0.2, -0.15) is 5.10 Å². The van der Waals surface area contributed by atoms with Crippen LogP contribution in [0.1, 0.15) is 29.8 Å². The molecule has 0 unspecified atom stereocenters. The molecule has 1 aromatic carbocycles. The van der Waals surface area contributed by atoms with E-state index in [9.17, 15) is 17.6 Å². The van der Waals surface area contributed by atoms with E-state index in [0.717, 1.165) is 6.20 Å². The minimum atomic E-state index is -2.64. The first-order valence-electron chi connectivity index (χ1n) is 10.5. The first-order chi connectivity index (χ1) is 16.3. The molecule has 5 rings (SSSR count). The lowest BCUT2D eigenvalue weighted by atomic mass is 9.92. The fourth-order valence-corrected chi connectivity index (χ4v) is 4.23. The summed E-state index contributed by atoms with van der Waals surface area (Å²) in [5.41, 5.74) is 9.38. The molecule has 0 radical (unpaired) electrons. The van der Waals surface area contributed by atoms with Crippen LogP contribution in [0, 0.1) is 11.6 Å². The van der Waals surface area contributed by atoms with E-state index in [1.165, 1.54) is 41.3 Å². The predicted molar refractivity (Wildman–Crippen MR) is 117 cm³/mol. The van der Waals surface area contributed by atoms with Crippen LogP contribution >= 0.6 is 0 Å². The van der Waals surface area contributed by atoms with Gasteiger partial charge in [-0.3, -0.25) is 9.67 Å². The van der Waals surface area contributed by atoms with Gasteiger partial charge in [-0.15, -0.1) is 0 Å². The average molecular weight is 469 g/mol. The number of benzene rings is 1. The van der Waals surface area contributed by atoms with Gasteiger partial charge in [-0.1, -0.05) is 6.07 Å². The van der Waals surface area contributed by atoms with Gasteiger partial charge in [0.15, 0.2) is 11.6 Å². The second kappa shape index (κ2) is 8.44. The minimum Gasteiger partial charge on any atom is -0.482 e. The number of pyridine rings is 2. The van der Waals surface area contributed by atoms with Crippen LogP contribution in [0.2, 0.25) is 0 Å². The lowest BCUT2D eigenvalue weighted by molar-refractivity contribution is 0.122. The molecule has 3 aromatic heterocycles. The number of nitrogen functional groups attached to an aromatic ring is 1. The predicted octanol–water partition coefficient (Wildman–Crippen LogP) is 5.18. The zero-order valence-corrected chi connectivity index (χ0v) is 18.0. The number of fused-ring (bicyclic) bond motifs is 7. The van der Waals surface area contributed by atoms with E-state index in [1.54, 1.807) is 13.0 Å². The second-order valence-electron chi connectivity index (χ2n) is 8.02. The molecule has 1 aliphatic rings. The first-order valence-corrected chi connectivity index (χ1v) is 10.5. The molecule has 0 amide bonds. The van der Waals surface area contributed by atoms with Crippen LogP contribution in [0.3, 0.4) is 0 Å². The number of rotatable bonds is 2. The number of nitrogens with zero attached hydrogens (tertiary/aromatic N) is 4. The Balaban J connectivity index is 1.80. The molecule has 174 valence electrons. The standard InChI is InChI=1S/C24H19F4N5O/c1-12-18-6-15(25)2-3-17(18)19-7-16(26)10-30-20(19)4-13-9-32-33(11-22(27)28)23(13)14-5-21(34-12)24(29)31-8-14/h2-3,5-10,12,22H,4,11H2,1H3,(H2,29,31)/t12-/m1/s1. The fourth-order valence-electron chi connectivity index (χ4n) is 4.23. The quantitative estimate of drug-likeness (QED) is 0.410. The number of halogens is 4. The van der Waals surface area contributed by atoms with Crippen molar-refractivity contribution in [1.29, 1.82) is 0 Å². The molecule has 10 heteroatoms. The molecule has 2 bridgehead atoms. The van der Waals surface area contributed by atoms with Crippen LogP contribution in [0.25, 0.3) is 22.4 Å². The van der Waals surface area contributed by atoms with Crippen molar-refractivity contribution in [1.82, 2.24) is 19.7 Å². The SMILES string of the molecule is C[C@H]1Oc2cc(cnc2N)-c2c(cnn2CC(F)F)Cc2ncc(F)cc2-c2ccc(F)cc21. The maximum atomic E-state index is 14.3. The fraction of sp³-hybridized carbons (Fsp3) is 0.208. The summed E-state index contributed by atoms with van der Waals surface area (Å²) < 4.78 is 62.3. The van der Waals surface area contributed by atoms with Gasteiger partial charge >= 0.3 is 0 Å². The van der Waals surface area contributed by atoms with E-state index in [2.05, 4.69) is 15.1 Å². The molecule has 4 heterocycles. The van der Waals surface area contributed by atoms with Gasteiger partial charge in [0.25, 0.3) is 6.43 Å². The van der Waals surface area contributed by atoms with E-state index >= 15 is 0 Å². The Morgan fingerprint density at radius 1 is 1.06 bits per heavy atom. The number of ether oxygens (including phenoxy) is 1. The Labute approximate surface area is 192 Å². The maximum Gasteiger partial charge on any atom is 0.257 e. The Morgan fingerprint density at radius 2 is 1.88 bits per heavy atom. The van der Waals surface area contributed by atoms with Crippen LogP contribution < -0.4 is 10.5 Å². The third-order valence-corrected chi connectivity index (χ3v) is 5.72. The molecule has 6 nitrogen and oxygen atoms in total. The summed E-state index contributed by atoms with van der Waals surface area (Å²) in [6.45, 7) is 1.08. The van der Waals surface area contributed by atoms with Crippen LogP contribution in [-0.2, 0) is 13.0 Å². The molecule has 1 aliphatic heterocycles. The highest BCUT2D eigenvalue weighted by Crippen LogP contribution is 2.38. The number of aromatic nitrogens is 4. The minimum absolute atomic E-state index is 0.0835. The number of hydrogen-bond acceptors (Lipinski definition) is 5. The number of alkyl halides is 2. The summed E-state index contributed by atoms with van der Waals surface area (Å²) in [5.74, 6) is -0.765. The Morgan fingerprint density at radius 3 is 2.68 bits per heavy atom. The Bertz CT molecular complexity index is 1390. The summed E-state index contributed by atoms with van der Waals surface area (Å²) in [6, 6.07) is 7.04. The van der Waals surface area contributed by atoms with E-state index in [1.807, 2.05) is 0 Å². The zero-order valence-electron chi connectivity index (χ0n) is 18.0. The topological polar surface area (TPSA) is 78.9 Å². The van der Waals surface area contributed by atoms with Crippen LogP contribution in [0.5, 0.6) is 5.75 Å². The summed E-state index contributed by atoms with van der Waals surface area (Å²) in [5, 5.41) is 4.15. The third kappa shape index (κ3) is 3.95. The highest BCUT2D eigenvalue weighted by Gasteiger charge is 2.24. The van der Waals surface area contributed by atoms with Gasteiger partial charge in [0.2, 0.25) is 0 Å². The zero-order chi connectivity index (χ0) is 24.0. The van der Waals surface area contributed by atoms with Crippen molar-refractivity contribution >= 4 is 5.82 Å². The van der Waals surface area contributed by atoms with E-state index in [0.29, 0.717) is 39.2 Å². The Hall–Kier alpha value is -3.95. The monoisotopic (exact) mass is 469 g/mol. The lowest BCUT2D eigenvalue weighted by Crippen LogP contribution is -2.12. The van der Waals surface area contributed by atoms with Crippen molar-refractivity contribution in [3.63, 3.8) is 0 Å². The summed E-state index contributed by atoms with van der Waals surface area (Å²) in [6.07, 6.45) is 0.840. The number of hydrogen-bond donors (Lipinski definition) is 1. The summed E-state index contributed by atoms with van der Waals surface area (Å²) in [4.78, 5) is 8.45. The summed E-state index contributed by atoms with van der Waals surface area (Å²) >= 11 is 0. The van der Waals surface area contributed by atoms with E-state index in [4.69, 9.17) is 10.5 Å². The normalized spacial score (nSPS) is 14.9. The van der Waals surface area contributed by atoms with Gasteiger partial charge < -0.3 is 10.5 Å². The molecule has 0 saturated carbocycles. The van der Waals surface area contributed by atoms with Crippen molar-refractivity contribution < 1.29 is 22.3 Å². The smallest absolute Gasteiger partial charge is 0.257 e. The highest BCUT2D eigenvalue weighted by atomic mass is 19.3. The van der Waals surface area contributed by atoms with Crippen LogP contribution in [0.4, 0.5) is 23.4 Å². The van der Waals surface area contributed by atoms with Crippen molar-refractivity contribution in [2.45, 2.75) is 32.4 Å². The van der Waals surface area contributed by atoms with Crippen LogP contribution in [-0.4, -0.2) is 26.2 Å². The molecule has 0 aliphatic carbocycles. The van der Waals surface area contributed by atoms with Crippen LogP contribution in [0.15, 0.2) is 48.9 Å². The lowest BCUT2D eigenvalue weighted by Gasteiger charge is -2.22. The first kappa shape index (κ1) is 21.9. The molecular weight excluding hydrogens is 450 g/mol. The van der Waals surface area contributed by atoms with Gasteiger partial charge in [0, 0.05) is 34.9 Å². The molecular formula is C24H19F4N5O. The van der Waals surface area contributed by atoms with Gasteiger partial charge in [-0.05, 0) is 36.8 Å². The Kier molecular flexibility index (Phi) is 5.43. The van der Waals surface area contributed by atoms with E-state index in [-0.39, 0.29) is 18.0 Å². The third-order valence-electron chi connectivity index (χ3n) is 5.72. The summed E-state index contributed by atoms with van der Waals surface area (Å²) in [7, 11) is 0. The largest absolute Gasteiger partial charge is 0.482 e. The molecule has 0 fully saturated rings. The molecule has 34 heavy (non-hydrogen) atoms. The van der Waals surface area contributed by atoms with E-state index < -0.39 is 30.7 Å². The van der Waals surface area contributed by atoms with Crippen molar-refractivity contribution in [2.24, 2.45) is 0 Å². The molecule has 0 spiro atoms. The molecule has 0 saturated heterocycles. The van der Waals surface area contributed by atoms with Crippen molar-refractivity contribution in [2.75, 3.05) is 5.73 Å². The van der Waals surface area contributed by atoms with Crippen molar-refractivity contribution in [3.05, 3.63) is 77.4 Å².